The maximum atomic E-state index is 13.1. The van der Waals surface area contributed by atoms with Crippen LogP contribution < -0.4 is 11.1 Å². The van der Waals surface area contributed by atoms with E-state index in [9.17, 15) is 9.18 Å². The van der Waals surface area contributed by atoms with Gasteiger partial charge in [-0.25, -0.2) is 4.39 Å². The third kappa shape index (κ3) is 6.82. The monoisotopic (exact) mass is 355 g/mol. The number of hydrogen-bond acceptors (Lipinski definition) is 3. The van der Waals surface area contributed by atoms with Crippen LogP contribution in [0.25, 0.3) is 0 Å². The van der Waals surface area contributed by atoms with Crippen molar-refractivity contribution in [2.75, 3.05) is 26.2 Å². The second kappa shape index (κ2) is 11.2. The molecule has 22 heavy (non-hydrogen) atoms. The van der Waals surface area contributed by atoms with Gasteiger partial charge in [0.05, 0.1) is 12.6 Å². The summed E-state index contributed by atoms with van der Waals surface area (Å²) in [5.41, 5.74) is 7.36. The predicted octanol–water partition coefficient (Wildman–Crippen LogP) is 2.21. The first-order chi connectivity index (χ1) is 9.66. The minimum absolute atomic E-state index is 0. The van der Waals surface area contributed by atoms with Crippen LogP contribution in [0.2, 0.25) is 0 Å². The number of alkyl halides is 1. The van der Waals surface area contributed by atoms with Gasteiger partial charge in [0, 0.05) is 13.1 Å². The van der Waals surface area contributed by atoms with E-state index < -0.39 is 12.2 Å². The summed E-state index contributed by atoms with van der Waals surface area (Å²) in [6, 6.07) is -0.506. The lowest BCUT2D eigenvalue weighted by molar-refractivity contribution is -0.131. The zero-order valence-corrected chi connectivity index (χ0v) is 14.6. The molecule has 0 saturated carbocycles. The van der Waals surface area contributed by atoms with Crippen LogP contribution in [0.1, 0.15) is 38.5 Å². The highest BCUT2D eigenvalue weighted by atomic mass is 35.5. The van der Waals surface area contributed by atoms with E-state index in [0.717, 1.165) is 13.1 Å². The maximum Gasteiger partial charge on any atom is 0.239 e. The average molecular weight is 356 g/mol. The first kappa shape index (κ1) is 21.6. The van der Waals surface area contributed by atoms with Crippen LogP contribution in [0, 0.1) is 0 Å². The molecule has 0 aromatic rings. The Morgan fingerprint density at radius 2 is 2.23 bits per heavy atom. The molecule has 0 bridgehead atoms. The van der Waals surface area contributed by atoms with Gasteiger partial charge in [-0.15, -0.1) is 24.8 Å². The minimum atomic E-state index is -0.873. The van der Waals surface area contributed by atoms with Crippen molar-refractivity contribution in [3.8, 4) is 0 Å². The number of amides is 1. The number of carbonyl (C=O) groups is 1. The Morgan fingerprint density at radius 1 is 1.45 bits per heavy atom. The SMILES string of the molecule is Cl.Cl.N[C@@H](CCNCC1=CCCCC1)C(=O)N1CCC(F)C1. The van der Waals surface area contributed by atoms with Crippen molar-refractivity contribution in [1.29, 1.82) is 0 Å². The summed E-state index contributed by atoms with van der Waals surface area (Å²) in [6.07, 6.45) is 7.46. The molecule has 1 aliphatic heterocycles. The molecular formula is C15H28Cl2FN3O. The fraction of sp³-hybridized carbons (Fsp3) is 0.800. The van der Waals surface area contributed by atoms with E-state index >= 15 is 0 Å². The number of rotatable bonds is 6. The van der Waals surface area contributed by atoms with Crippen molar-refractivity contribution >= 4 is 30.7 Å². The van der Waals surface area contributed by atoms with Gasteiger partial charge < -0.3 is 16.0 Å². The molecule has 2 atom stereocenters. The van der Waals surface area contributed by atoms with Crippen LogP contribution in [0.15, 0.2) is 11.6 Å². The summed E-state index contributed by atoms with van der Waals surface area (Å²) >= 11 is 0. The molecule has 2 rings (SSSR count). The number of halogens is 3. The van der Waals surface area contributed by atoms with Crippen LogP contribution >= 0.6 is 24.8 Å². The molecule has 0 aromatic heterocycles. The lowest BCUT2D eigenvalue weighted by Gasteiger charge is -2.20. The highest BCUT2D eigenvalue weighted by Gasteiger charge is 2.28. The smallest absolute Gasteiger partial charge is 0.239 e. The number of hydrogen-bond donors (Lipinski definition) is 2. The molecule has 0 spiro atoms. The van der Waals surface area contributed by atoms with Gasteiger partial charge in [-0.1, -0.05) is 11.6 Å². The van der Waals surface area contributed by atoms with Crippen LogP contribution in [-0.4, -0.2) is 49.2 Å². The molecule has 0 aromatic carbocycles. The lowest BCUT2D eigenvalue weighted by Crippen LogP contribution is -2.44. The Bertz CT molecular complexity index is 369. The predicted molar refractivity (Wildman–Crippen MR) is 92.6 cm³/mol. The van der Waals surface area contributed by atoms with Gasteiger partial charge in [-0.3, -0.25) is 4.79 Å². The fourth-order valence-corrected chi connectivity index (χ4v) is 2.85. The van der Waals surface area contributed by atoms with Crippen LogP contribution in [0.4, 0.5) is 4.39 Å². The molecule has 0 radical (unpaired) electrons. The van der Waals surface area contributed by atoms with Gasteiger partial charge in [-0.05, 0) is 45.1 Å². The number of nitrogens with zero attached hydrogens (tertiary/aromatic N) is 1. The fourth-order valence-electron chi connectivity index (χ4n) is 2.85. The average Bonchev–Trinajstić information content (AvgIpc) is 2.90. The standard InChI is InChI=1S/C15H26FN3O.2ClH/c16-13-7-9-19(11-13)15(20)14(17)6-8-18-10-12-4-2-1-3-5-12;;/h4,13-14,18H,1-3,5-11,17H2;2*1H/t13?,14-;;/m0../s1. The lowest BCUT2D eigenvalue weighted by atomic mass is 10.00. The van der Waals surface area contributed by atoms with Crippen LogP contribution in [-0.2, 0) is 4.79 Å². The molecule has 1 unspecified atom stereocenters. The molecule has 1 amide bonds. The van der Waals surface area contributed by atoms with Crippen molar-refractivity contribution in [3.63, 3.8) is 0 Å². The van der Waals surface area contributed by atoms with Crippen molar-refractivity contribution in [2.24, 2.45) is 5.73 Å². The Labute approximate surface area is 144 Å². The number of nitrogens with one attached hydrogen (secondary N) is 1. The molecule has 4 nitrogen and oxygen atoms in total. The molecule has 1 aliphatic carbocycles. The van der Waals surface area contributed by atoms with Crippen molar-refractivity contribution < 1.29 is 9.18 Å². The number of carbonyl (C=O) groups excluding carboxylic acids is 1. The third-order valence-electron chi connectivity index (χ3n) is 4.13. The van der Waals surface area contributed by atoms with Gasteiger partial charge >= 0.3 is 0 Å². The normalized spacial score (nSPS) is 22.4. The molecule has 1 heterocycles. The summed E-state index contributed by atoms with van der Waals surface area (Å²) in [7, 11) is 0. The van der Waals surface area contributed by atoms with Crippen LogP contribution in [0.5, 0.6) is 0 Å². The molecule has 1 fully saturated rings. The summed E-state index contributed by atoms with van der Waals surface area (Å²) in [4.78, 5) is 13.5. The number of nitrogens with two attached hydrogens (primary N) is 1. The van der Waals surface area contributed by atoms with E-state index in [1.807, 2.05) is 0 Å². The Balaban J connectivity index is 0.00000220. The summed E-state index contributed by atoms with van der Waals surface area (Å²) < 4.78 is 13.1. The van der Waals surface area contributed by atoms with E-state index in [4.69, 9.17) is 5.73 Å². The Morgan fingerprint density at radius 3 is 2.82 bits per heavy atom. The van der Waals surface area contributed by atoms with E-state index in [1.165, 1.54) is 31.3 Å². The van der Waals surface area contributed by atoms with E-state index in [2.05, 4.69) is 11.4 Å². The topological polar surface area (TPSA) is 58.4 Å². The van der Waals surface area contributed by atoms with Crippen LogP contribution in [0.3, 0.4) is 0 Å². The molecule has 1 saturated heterocycles. The molecular weight excluding hydrogens is 328 g/mol. The molecule has 3 N–H and O–H groups in total. The molecule has 130 valence electrons. The quantitative estimate of drug-likeness (QED) is 0.567. The largest absolute Gasteiger partial charge is 0.338 e. The van der Waals surface area contributed by atoms with Gasteiger partial charge in [-0.2, -0.15) is 0 Å². The maximum absolute atomic E-state index is 13.1. The third-order valence-corrected chi connectivity index (χ3v) is 4.13. The van der Waals surface area contributed by atoms with E-state index in [0.29, 0.717) is 19.4 Å². The number of allylic oxidation sites excluding steroid dienone is 1. The summed E-state index contributed by atoms with van der Waals surface area (Å²) in [6.45, 7) is 2.36. The minimum Gasteiger partial charge on any atom is -0.338 e. The highest BCUT2D eigenvalue weighted by molar-refractivity contribution is 5.85. The van der Waals surface area contributed by atoms with Gasteiger partial charge in [0.15, 0.2) is 0 Å². The zero-order valence-electron chi connectivity index (χ0n) is 12.9. The number of likely N-dealkylation sites (tertiary alicyclic amines) is 1. The second-order valence-corrected chi connectivity index (χ2v) is 5.85. The van der Waals surface area contributed by atoms with Gasteiger partial charge in [0.2, 0.25) is 5.91 Å². The van der Waals surface area contributed by atoms with Crippen molar-refractivity contribution in [3.05, 3.63) is 11.6 Å². The van der Waals surface area contributed by atoms with Crippen molar-refractivity contribution in [1.82, 2.24) is 10.2 Å². The highest BCUT2D eigenvalue weighted by Crippen LogP contribution is 2.16. The van der Waals surface area contributed by atoms with E-state index in [1.54, 1.807) is 4.90 Å². The summed E-state index contributed by atoms with van der Waals surface area (Å²) in [5.74, 6) is -0.108. The second-order valence-electron chi connectivity index (χ2n) is 5.85. The van der Waals surface area contributed by atoms with Gasteiger partial charge in [0.1, 0.15) is 6.17 Å². The Kier molecular flexibility index (Phi) is 11.0. The molecule has 7 heteroatoms. The van der Waals surface area contributed by atoms with Crippen molar-refractivity contribution in [2.45, 2.75) is 50.7 Å². The summed E-state index contributed by atoms with van der Waals surface area (Å²) in [5, 5.41) is 3.35. The van der Waals surface area contributed by atoms with E-state index in [-0.39, 0.29) is 37.3 Å². The Hall–Kier alpha value is -0.360. The van der Waals surface area contributed by atoms with Gasteiger partial charge in [0.25, 0.3) is 0 Å². The molecule has 2 aliphatic rings. The first-order valence-electron chi connectivity index (χ1n) is 7.74. The zero-order chi connectivity index (χ0) is 14.4. The first-order valence-corrected chi connectivity index (χ1v) is 7.74.